The predicted molar refractivity (Wildman–Crippen MR) is 68.8 cm³/mol. The summed E-state index contributed by atoms with van der Waals surface area (Å²) in [5.41, 5.74) is -0.148. The number of halogens is 1. The molecule has 2 unspecified atom stereocenters. The minimum Gasteiger partial charge on any atom is -0.385 e. The van der Waals surface area contributed by atoms with Crippen molar-refractivity contribution in [2.75, 3.05) is 7.05 Å². The number of fused-ring (bicyclic) bond motifs is 2. The van der Waals surface area contributed by atoms with Crippen LogP contribution in [0.5, 0.6) is 0 Å². The van der Waals surface area contributed by atoms with Gasteiger partial charge in [0.05, 0.1) is 17.2 Å². The molecular weight excluding hydrogens is 243 g/mol. The van der Waals surface area contributed by atoms with Gasteiger partial charge in [-0.3, -0.25) is 0 Å². The molecule has 2 saturated heterocycles. The van der Waals surface area contributed by atoms with Gasteiger partial charge in [-0.05, 0) is 44.9 Å². The van der Waals surface area contributed by atoms with Gasteiger partial charge in [-0.2, -0.15) is 5.26 Å². The van der Waals surface area contributed by atoms with Crippen molar-refractivity contribution in [2.24, 2.45) is 0 Å². The molecule has 1 aromatic rings. The summed E-state index contributed by atoms with van der Waals surface area (Å²) in [4.78, 5) is 2.32. The van der Waals surface area contributed by atoms with Crippen molar-refractivity contribution in [2.45, 2.75) is 43.4 Å². The van der Waals surface area contributed by atoms with Gasteiger partial charge in [-0.1, -0.05) is 6.07 Å². The summed E-state index contributed by atoms with van der Waals surface area (Å²) in [6.45, 7) is 0. The SMILES string of the molecule is CN1C2CCC1CC(O)(c1ccc(F)cc1C#N)C2. The number of aliphatic hydroxyl groups is 1. The Balaban J connectivity index is 2.01. The fourth-order valence-corrected chi connectivity index (χ4v) is 3.68. The van der Waals surface area contributed by atoms with Crippen LogP contribution < -0.4 is 0 Å². The molecule has 3 nitrogen and oxygen atoms in total. The van der Waals surface area contributed by atoms with Gasteiger partial charge in [0, 0.05) is 17.6 Å². The van der Waals surface area contributed by atoms with E-state index in [1.165, 1.54) is 12.1 Å². The molecule has 2 aliphatic rings. The van der Waals surface area contributed by atoms with Gasteiger partial charge in [-0.25, -0.2) is 4.39 Å². The van der Waals surface area contributed by atoms with Crippen molar-refractivity contribution < 1.29 is 9.50 Å². The maximum Gasteiger partial charge on any atom is 0.124 e. The lowest BCUT2D eigenvalue weighted by atomic mass is 9.79. The van der Waals surface area contributed by atoms with Crippen LogP contribution in [0.2, 0.25) is 0 Å². The maximum atomic E-state index is 13.2. The summed E-state index contributed by atoms with van der Waals surface area (Å²) in [5.74, 6) is -0.431. The summed E-state index contributed by atoms with van der Waals surface area (Å²) >= 11 is 0. The van der Waals surface area contributed by atoms with Crippen molar-refractivity contribution in [3.63, 3.8) is 0 Å². The molecule has 2 aliphatic heterocycles. The number of benzene rings is 1. The van der Waals surface area contributed by atoms with Crippen LogP contribution in [-0.2, 0) is 5.60 Å². The second-order valence-corrected chi connectivity index (χ2v) is 5.79. The fraction of sp³-hybridized carbons (Fsp3) is 0.533. The van der Waals surface area contributed by atoms with Crippen LogP contribution in [0.3, 0.4) is 0 Å². The molecule has 2 atom stereocenters. The summed E-state index contributed by atoms with van der Waals surface area (Å²) < 4.78 is 13.2. The molecule has 2 heterocycles. The Hall–Kier alpha value is -1.44. The Morgan fingerprint density at radius 3 is 2.58 bits per heavy atom. The van der Waals surface area contributed by atoms with Crippen molar-refractivity contribution in [3.05, 3.63) is 35.1 Å². The van der Waals surface area contributed by atoms with Crippen LogP contribution in [0, 0.1) is 17.1 Å². The van der Waals surface area contributed by atoms with E-state index in [2.05, 4.69) is 11.9 Å². The largest absolute Gasteiger partial charge is 0.385 e. The average molecular weight is 260 g/mol. The first kappa shape index (κ1) is 12.6. The molecule has 100 valence electrons. The van der Waals surface area contributed by atoms with Gasteiger partial charge in [0.2, 0.25) is 0 Å². The highest BCUT2D eigenvalue weighted by atomic mass is 19.1. The number of nitrogens with zero attached hydrogens (tertiary/aromatic N) is 2. The molecule has 2 bridgehead atoms. The molecule has 0 radical (unpaired) electrons. The van der Waals surface area contributed by atoms with Gasteiger partial charge >= 0.3 is 0 Å². The summed E-state index contributed by atoms with van der Waals surface area (Å²) in [6.07, 6.45) is 3.43. The normalized spacial score (nSPS) is 34.2. The third-order valence-electron chi connectivity index (χ3n) is 4.74. The van der Waals surface area contributed by atoms with Gasteiger partial charge in [0.1, 0.15) is 5.82 Å². The van der Waals surface area contributed by atoms with Crippen molar-refractivity contribution in [1.82, 2.24) is 4.90 Å². The Kier molecular flexibility index (Phi) is 2.84. The van der Waals surface area contributed by atoms with E-state index in [0.717, 1.165) is 12.8 Å². The highest BCUT2D eigenvalue weighted by molar-refractivity contribution is 5.42. The average Bonchev–Trinajstić information content (AvgIpc) is 2.62. The second-order valence-electron chi connectivity index (χ2n) is 5.79. The Morgan fingerprint density at radius 1 is 1.37 bits per heavy atom. The minimum atomic E-state index is -0.989. The molecule has 0 spiro atoms. The summed E-state index contributed by atoms with van der Waals surface area (Å²) in [5, 5.41) is 20.1. The number of hydrogen-bond acceptors (Lipinski definition) is 3. The molecule has 3 rings (SSSR count). The summed E-state index contributed by atoms with van der Waals surface area (Å²) in [6, 6.07) is 6.84. The zero-order valence-electron chi connectivity index (χ0n) is 10.9. The van der Waals surface area contributed by atoms with E-state index in [-0.39, 0.29) is 5.56 Å². The van der Waals surface area contributed by atoms with Crippen LogP contribution in [-0.4, -0.2) is 29.1 Å². The minimum absolute atomic E-state index is 0.256. The smallest absolute Gasteiger partial charge is 0.124 e. The van der Waals surface area contributed by atoms with E-state index < -0.39 is 11.4 Å². The van der Waals surface area contributed by atoms with Crippen LogP contribution >= 0.6 is 0 Å². The number of piperidine rings is 1. The van der Waals surface area contributed by atoms with E-state index in [1.54, 1.807) is 6.07 Å². The predicted octanol–water partition coefficient (Wildman–Crippen LogP) is 2.14. The molecule has 1 aromatic carbocycles. The lowest BCUT2D eigenvalue weighted by Crippen LogP contribution is -2.47. The Morgan fingerprint density at radius 2 is 2.00 bits per heavy atom. The van der Waals surface area contributed by atoms with E-state index in [0.29, 0.717) is 30.5 Å². The lowest BCUT2D eigenvalue weighted by molar-refractivity contribution is -0.0495. The number of hydrogen-bond donors (Lipinski definition) is 1. The molecular formula is C15H17FN2O. The molecule has 4 heteroatoms. The quantitative estimate of drug-likeness (QED) is 0.841. The van der Waals surface area contributed by atoms with Crippen LogP contribution in [0.1, 0.15) is 36.8 Å². The molecule has 19 heavy (non-hydrogen) atoms. The monoisotopic (exact) mass is 260 g/mol. The van der Waals surface area contributed by atoms with E-state index in [4.69, 9.17) is 5.26 Å². The van der Waals surface area contributed by atoms with Gasteiger partial charge in [0.15, 0.2) is 0 Å². The van der Waals surface area contributed by atoms with Gasteiger partial charge < -0.3 is 10.0 Å². The fourth-order valence-electron chi connectivity index (χ4n) is 3.68. The summed E-state index contributed by atoms with van der Waals surface area (Å²) in [7, 11) is 2.10. The Bertz CT molecular complexity index is 538. The van der Waals surface area contributed by atoms with Gasteiger partial charge in [0.25, 0.3) is 0 Å². The first-order valence-corrected chi connectivity index (χ1v) is 6.68. The lowest BCUT2D eigenvalue weighted by Gasteiger charge is -2.42. The highest BCUT2D eigenvalue weighted by Gasteiger charge is 2.47. The topological polar surface area (TPSA) is 47.3 Å². The van der Waals surface area contributed by atoms with Crippen LogP contribution in [0.4, 0.5) is 4.39 Å². The third-order valence-corrected chi connectivity index (χ3v) is 4.74. The van der Waals surface area contributed by atoms with E-state index in [1.807, 2.05) is 6.07 Å². The molecule has 0 saturated carbocycles. The Labute approximate surface area is 112 Å². The third kappa shape index (κ3) is 1.94. The van der Waals surface area contributed by atoms with Crippen molar-refractivity contribution in [1.29, 1.82) is 5.26 Å². The van der Waals surface area contributed by atoms with Crippen LogP contribution in [0.15, 0.2) is 18.2 Å². The van der Waals surface area contributed by atoms with E-state index >= 15 is 0 Å². The zero-order valence-corrected chi connectivity index (χ0v) is 10.9. The molecule has 1 N–H and O–H groups in total. The van der Waals surface area contributed by atoms with Crippen LogP contribution in [0.25, 0.3) is 0 Å². The second kappa shape index (κ2) is 4.29. The van der Waals surface area contributed by atoms with Crippen molar-refractivity contribution >= 4 is 0 Å². The van der Waals surface area contributed by atoms with E-state index in [9.17, 15) is 9.50 Å². The molecule has 2 fully saturated rings. The standard InChI is InChI=1S/C15H17FN2O/c1-18-12-3-4-13(18)8-15(19,7-12)14-5-2-11(16)6-10(14)9-17/h2,5-6,12-13,19H,3-4,7-8H2,1H3. The zero-order chi connectivity index (χ0) is 13.6. The highest BCUT2D eigenvalue weighted by Crippen LogP contribution is 2.45. The maximum absolute atomic E-state index is 13.2. The van der Waals surface area contributed by atoms with Crippen molar-refractivity contribution in [3.8, 4) is 6.07 Å². The first-order chi connectivity index (χ1) is 9.03. The van der Waals surface area contributed by atoms with Gasteiger partial charge in [-0.15, -0.1) is 0 Å². The first-order valence-electron chi connectivity index (χ1n) is 6.68. The molecule has 0 aromatic heterocycles. The molecule has 0 amide bonds. The number of rotatable bonds is 1. The number of nitriles is 1. The molecule has 0 aliphatic carbocycles.